The number of rotatable bonds is 3. The van der Waals surface area contributed by atoms with Gasteiger partial charge in [-0.15, -0.1) is 0 Å². The van der Waals surface area contributed by atoms with Crippen LogP contribution in [0.1, 0.15) is 51.3 Å². The van der Waals surface area contributed by atoms with Crippen molar-refractivity contribution in [3.8, 4) is 5.69 Å². The van der Waals surface area contributed by atoms with E-state index in [1.807, 2.05) is 10.9 Å². The Balaban J connectivity index is 1.39. The second-order valence-corrected chi connectivity index (χ2v) is 12.4. The molecule has 0 spiro atoms. The van der Waals surface area contributed by atoms with Crippen molar-refractivity contribution in [1.29, 1.82) is 0 Å². The van der Waals surface area contributed by atoms with Crippen molar-refractivity contribution in [2.24, 2.45) is 10.8 Å². The lowest BCUT2D eigenvalue weighted by molar-refractivity contribution is 0.173. The SMILES string of the molecule is CC1(C)CCN(S(=O)(=O)N2CCC3=Cc4c(cnn4-c4ccc(F)cc4)C[C@]3(C)C2)CC1. The Morgan fingerprint density at radius 3 is 2.38 bits per heavy atom. The summed E-state index contributed by atoms with van der Waals surface area (Å²) in [5.74, 6) is -0.272. The zero-order valence-electron chi connectivity index (χ0n) is 19.0. The van der Waals surface area contributed by atoms with E-state index in [2.05, 4.69) is 31.9 Å². The first kappa shape index (κ1) is 21.8. The first-order valence-electron chi connectivity index (χ1n) is 11.4. The van der Waals surface area contributed by atoms with Crippen molar-refractivity contribution in [1.82, 2.24) is 18.4 Å². The molecule has 0 N–H and O–H groups in total. The van der Waals surface area contributed by atoms with Crippen LogP contribution in [-0.2, 0) is 16.6 Å². The molecule has 0 saturated carbocycles. The second-order valence-electron chi connectivity index (χ2n) is 10.5. The summed E-state index contributed by atoms with van der Waals surface area (Å²) < 4.78 is 45.4. The maximum atomic E-state index is 13.4. The van der Waals surface area contributed by atoms with E-state index in [4.69, 9.17) is 0 Å². The molecule has 5 rings (SSSR count). The summed E-state index contributed by atoms with van der Waals surface area (Å²) in [7, 11) is -3.46. The van der Waals surface area contributed by atoms with Gasteiger partial charge in [-0.2, -0.15) is 22.1 Å². The molecule has 0 unspecified atom stereocenters. The molecule has 3 aliphatic rings. The molecule has 2 saturated heterocycles. The molecule has 0 bridgehead atoms. The van der Waals surface area contributed by atoms with Crippen molar-refractivity contribution in [3.05, 3.63) is 53.1 Å². The first-order valence-corrected chi connectivity index (χ1v) is 12.8. The minimum Gasteiger partial charge on any atom is -0.233 e. The highest BCUT2D eigenvalue weighted by atomic mass is 32.2. The highest BCUT2D eigenvalue weighted by Gasteiger charge is 2.44. The molecule has 6 nitrogen and oxygen atoms in total. The van der Waals surface area contributed by atoms with Gasteiger partial charge in [-0.1, -0.05) is 26.3 Å². The van der Waals surface area contributed by atoms with Crippen molar-refractivity contribution in [2.75, 3.05) is 26.2 Å². The van der Waals surface area contributed by atoms with Gasteiger partial charge in [-0.3, -0.25) is 0 Å². The van der Waals surface area contributed by atoms with Gasteiger partial charge in [-0.25, -0.2) is 9.07 Å². The van der Waals surface area contributed by atoms with Crippen LogP contribution in [0.25, 0.3) is 11.8 Å². The number of aromatic nitrogens is 2. The summed E-state index contributed by atoms with van der Waals surface area (Å²) in [5, 5.41) is 4.55. The van der Waals surface area contributed by atoms with Crippen LogP contribution >= 0.6 is 0 Å². The number of piperidine rings is 2. The number of halogens is 1. The minimum absolute atomic E-state index is 0.209. The smallest absolute Gasteiger partial charge is 0.233 e. The Hall–Kier alpha value is -2.03. The van der Waals surface area contributed by atoms with E-state index in [9.17, 15) is 12.8 Å². The Morgan fingerprint density at radius 1 is 1.00 bits per heavy atom. The predicted molar refractivity (Wildman–Crippen MR) is 123 cm³/mol. The summed E-state index contributed by atoms with van der Waals surface area (Å²) in [5.41, 5.74) is 4.16. The number of hydrogen-bond donors (Lipinski definition) is 0. The van der Waals surface area contributed by atoms with E-state index in [-0.39, 0.29) is 16.6 Å². The zero-order valence-corrected chi connectivity index (χ0v) is 19.8. The maximum absolute atomic E-state index is 13.4. The van der Waals surface area contributed by atoms with E-state index >= 15 is 0 Å². The van der Waals surface area contributed by atoms with Crippen molar-refractivity contribution < 1.29 is 12.8 Å². The lowest BCUT2D eigenvalue weighted by Gasteiger charge is -2.46. The van der Waals surface area contributed by atoms with Gasteiger partial charge in [0.15, 0.2) is 0 Å². The third kappa shape index (κ3) is 3.72. The molecule has 2 aliphatic heterocycles. The normalized spacial score (nSPS) is 26.3. The molecule has 1 aromatic carbocycles. The highest BCUT2D eigenvalue weighted by Crippen LogP contribution is 2.45. The molecule has 2 fully saturated rings. The molecule has 1 atom stereocenters. The van der Waals surface area contributed by atoms with Gasteiger partial charge in [0, 0.05) is 31.6 Å². The molecule has 1 aliphatic carbocycles. The van der Waals surface area contributed by atoms with Crippen LogP contribution in [0.15, 0.2) is 36.0 Å². The number of hydrogen-bond acceptors (Lipinski definition) is 3. The molecule has 8 heteroatoms. The summed E-state index contributed by atoms with van der Waals surface area (Å²) in [6.45, 7) is 8.77. The fourth-order valence-electron chi connectivity index (χ4n) is 5.27. The molecular weight excluding hydrogens is 427 g/mol. The molecule has 0 radical (unpaired) electrons. The average Bonchev–Trinajstić information content (AvgIpc) is 3.13. The molecule has 2 aromatic rings. The standard InChI is InChI=1S/C24H31FN4O2S/c1-23(2)9-12-27(13-10-23)32(30,31)28-11-8-19-14-22-18(15-24(19,3)17-28)16-26-29(22)21-6-4-20(25)5-7-21/h4-7,14,16H,8-13,15,17H2,1-3H3/t24-/m1/s1. The van der Waals surface area contributed by atoms with Gasteiger partial charge in [0.2, 0.25) is 0 Å². The van der Waals surface area contributed by atoms with Gasteiger partial charge < -0.3 is 0 Å². The van der Waals surface area contributed by atoms with Crippen molar-refractivity contribution in [2.45, 2.75) is 46.5 Å². The largest absolute Gasteiger partial charge is 0.282 e. The summed E-state index contributed by atoms with van der Waals surface area (Å²) in [6.07, 6.45) is 7.28. The highest BCUT2D eigenvalue weighted by molar-refractivity contribution is 7.86. The van der Waals surface area contributed by atoms with Crippen LogP contribution in [0.5, 0.6) is 0 Å². The Bertz CT molecular complexity index is 1160. The molecule has 3 heterocycles. The number of benzene rings is 1. The van der Waals surface area contributed by atoms with E-state index < -0.39 is 10.2 Å². The quantitative estimate of drug-likeness (QED) is 0.698. The molecule has 0 amide bonds. The van der Waals surface area contributed by atoms with Crippen molar-refractivity contribution in [3.63, 3.8) is 0 Å². The summed E-state index contributed by atoms with van der Waals surface area (Å²) >= 11 is 0. The van der Waals surface area contributed by atoms with Crippen LogP contribution in [0, 0.1) is 16.6 Å². The zero-order chi connectivity index (χ0) is 22.7. The Morgan fingerprint density at radius 2 is 1.69 bits per heavy atom. The van der Waals surface area contributed by atoms with Crippen molar-refractivity contribution >= 4 is 16.3 Å². The fraction of sp³-hybridized carbons (Fsp3) is 0.542. The molecule has 172 valence electrons. The third-order valence-corrected chi connectivity index (χ3v) is 9.49. The molecule has 1 aromatic heterocycles. The monoisotopic (exact) mass is 458 g/mol. The van der Waals surface area contributed by atoms with Gasteiger partial charge >= 0.3 is 0 Å². The van der Waals surface area contributed by atoms with Gasteiger partial charge in [-0.05, 0) is 67.0 Å². The first-order chi connectivity index (χ1) is 15.1. The second kappa shape index (κ2) is 7.50. The molecular formula is C24H31FN4O2S. The predicted octanol–water partition coefficient (Wildman–Crippen LogP) is 4.03. The number of fused-ring (bicyclic) bond motifs is 2. The molecule has 32 heavy (non-hydrogen) atoms. The van der Waals surface area contributed by atoms with Crippen LogP contribution in [0.2, 0.25) is 0 Å². The third-order valence-electron chi connectivity index (χ3n) is 7.51. The van der Waals surface area contributed by atoms with E-state index in [0.29, 0.717) is 32.6 Å². The van der Waals surface area contributed by atoms with E-state index in [1.165, 1.54) is 17.7 Å². The lowest BCUT2D eigenvalue weighted by atomic mass is 9.70. The fourth-order valence-corrected chi connectivity index (χ4v) is 7.01. The van der Waals surface area contributed by atoms with Crippen LogP contribution in [-0.4, -0.2) is 53.0 Å². The Labute approximate surface area is 189 Å². The maximum Gasteiger partial charge on any atom is 0.282 e. The number of nitrogens with zero attached hydrogens (tertiary/aromatic N) is 4. The lowest BCUT2D eigenvalue weighted by Crippen LogP contribution is -2.54. The minimum atomic E-state index is -3.46. The topological polar surface area (TPSA) is 58.4 Å². The summed E-state index contributed by atoms with van der Waals surface area (Å²) in [4.78, 5) is 0. The van der Waals surface area contributed by atoms with Gasteiger partial charge in [0.05, 0.1) is 17.6 Å². The Kier molecular flexibility index (Phi) is 5.11. The van der Waals surface area contributed by atoms with Crippen LogP contribution in [0.3, 0.4) is 0 Å². The van der Waals surface area contributed by atoms with E-state index in [0.717, 1.165) is 36.2 Å². The van der Waals surface area contributed by atoms with E-state index in [1.54, 1.807) is 20.7 Å². The van der Waals surface area contributed by atoms with Crippen LogP contribution in [0.4, 0.5) is 4.39 Å². The van der Waals surface area contributed by atoms with Crippen LogP contribution < -0.4 is 0 Å². The summed E-state index contributed by atoms with van der Waals surface area (Å²) in [6, 6.07) is 6.33. The van der Waals surface area contributed by atoms with Gasteiger partial charge in [0.25, 0.3) is 10.2 Å². The van der Waals surface area contributed by atoms with Gasteiger partial charge in [0.1, 0.15) is 5.82 Å². The average molecular weight is 459 g/mol.